The first-order valence-corrected chi connectivity index (χ1v) is 14.0. The van der Waals surface area contributed by atoms with Crippen molar-refractivity contribution in [1.82, 2.24) is 35.6 Å². The Kier molecular flexibility index (Phi) is 7.15. The van der Waals surface area contributed by atoms with E-state index in [2.05, 4.69) is 35.6 Å². The van der Waals surface area contributed by atoms with Crippen LogP contribution in [0.25, 0.3) is 11.0 Å². The number of rotatable bonds is 8. The molecule has 0 aliphatic carbocycles. The molecule has 0 bridgehead atoms. The van der Waals surface area contributed by atoms with Crippen LogP contribution in [-0.4, -0.2) is 64.6 Å². The Bertz CT molecular complexity index is 1640. The number of nitrogens with one attached hydrogen (secondary N) is 4. The lowest BCUT2D eigenvalue weighted by Gasteiger charge is -2.30. The van der Waals surface area contributed by atoms with Crippen LogP contribution >= 0.6 is 11.6 Å². The number of halogens is 1. The molecule has 1 aliphatic heterocycles. The zero-order valence-corrected chi connectivity index (χ0v) is 21.9. The lowest BCUT2D eigenvalue weighted by Crippen LogP contribution is -2.47. The van der Waals surface area contributed by atoms with E-state index in [0.717, 1.165) is 27.2 Å². The maximum Gasteiger partial charge on any atom is 0.293 e. The van der Waals surface area contributed by atoms with Crippen LogP contribution in [0.1, 0.15) is 22.9 Å². The van der Waals surface area contributed by atoms with Crippen LogP contribution in [0.5, 0.6) is 0 Å². The Labute approximate surface area is 222 Å². The van der Waals surface area contributed by atoms with Crippen molar-refractivity contribution in [1.29, 1.82) is 0 Å². The third kappa shape index (κ3) is 5.39. The van der Waals surface area contributed by atoms with Crippen molar-refractivity contribution in [3.8, 4) is 0 Å². The smallest absolute Gasteiger partial charge is 0.293 e. The Morgan fingerprint density at radius 2 is 2.08 bits per heavy atom. The Morgan fingerprint density at radius 3 is 2.84 bits per heavy atom. The van der Waals surface area contributed by atoms with Crippen molar-refractivity contribution in [2.45, 2.75) is 24.9 Å². The lowest BCUT2D eigenvalue weighted by molar-refractivity contribution is -0.120. The Balaban J connectivity index is 1.39. The van der Waals surface area contributed by atoms with Crippen molar-refractivity contribution in [2.75, 3.05) is 23.7 Å². The van der Waals surface area contributed by atoms with E-state index in [4.69, 9.17) is 11.6 Å². The molecule has 0 aromatic carbocycles. The van der Waals surface area contributed by atoms with Gasteiger partial charge < -0.3 is 20.6 Å². The van der Waals surface area contributed by atoms with Crippen molar-refractivity contribution < 1.29 is 13.2 Å². The number of carbonyl (C=O) groups is 1. The molecule has 2 atom stereocenters. The summed E-state index contributed by atoms with van der Waals surface area (Å²) in [6.45, 7) is 0.973. The SMILES string of the molecule is CS(=O)(=O)N(c1nc(CC(=O)NCc2cnc3[nH]ccc3c2)c(Cl)[nH]c1=O)[C@H]1CNC[C@@H]1c1ccccn1. The number of amides is 1. The highest BCUT2D eigenvalue weighted by atomic mass is 35.5. The summed E-state index contributed by atoms with van der Waals surface area (Å²) in [6, 6.07) is 8.52. The van der Waals surface area contributed by atoms with E-state index in [1.54, 1.807) is 24.7 Å². The summed E-state index contributed by atoms with van der Waals surface area (Å²) >= 11 is 6.22. The second-order valence-corrected chi connectivity index (χ2v) is 11.2. The van der Waals surface area contributed by atoms with Crippen molar-refractivity contribution >= 4 is 44.4 Å². The van der Waals surface area contributed by atoms with Crippen molar-refractivity contribution in [2.24, 2.45) is 0 Å². The quantitative estimate of drug-likeness (QED) is 0.250. The van der Waals surface area contributed by atoms with Gasteiger partial charge in [-0.05, 0) is 29.8 Å². The number of fused-ring (bicyclic) bond motifs is 1. The number of hydrogen-bond acceptors (Lipinski definition) is 8. The molecular weight excluding hydrogens is 532 g/mol. The average Bonchev–Trinajstić information content (AvgIpc) is 3.55. The maximum atomic E-state index is 13.0. The van der Waals surface area contributed by atoms with Gasteiger partial charge in [-0.1, -0.05) is 17.7 Å². The number of pyridine rings is 2. The minimum atomic E-state index is -3.95. The van der Waals surface area contributed by atoms with Crippen LogP contribution in [0.2, 0.25) is 5.15 Å². The van der Waals surface area contributed by atoms with Gasteiger partial charge in [0.2, 0.25) is 21.7 Å². The van der Waals surface area contributed by atoms with E-state index in [1.807, 2.05) is 24.3 Å². The van der Waals surface area contributed by atoms with Gasteiger partial charge in [0.1, 0.15) is 10.8 Å². The molecule has 0 radical (unpaired) electrons. The lowest BCUT2D eigenvalue weighted by atomic mass is 9.99. The van der Waals surface area contributed by atoms with E-state index in [0.29, 0.717) is 12.2 Å². The molecule has 1 saturated heterocycles. The molecule has 0 spiro atoms. The molecule has 0 unspecified atom stereocenters. The van der Waals surface area contributed by atoms with Crippen LogP contribution < -0.4 is 20.5 Å². The molecule has 4 aromatic rings. The van der Waals surface area contributed by atoms with Crippen LogP contribution in [-0.2, 0) is 27.8 Å². The fraction of sp³-hybridized carbons (Fsp3) is 0.292. The van der Waals surface area contributed by atoms with Gasteiger partial charge in [0.25, 0.3) is 5.56 Å². The van der Waals surface area contributed by atoms with Crippen LogP contribution in [0.15, 0.2) is 53.7 Å². The molecular formula is C24H25ClN8O4S. The molecule has 12 nitrogen and oxygen atoms in total. The highest BCUT2D eigenvalue weighted by Crippen LogP contribution is 2.29. The van der Waals surface area contributed by atoms with Crippen LogP contribution in [0, 0.1) is 0 Å². The summed E-state index contributed by atoms with van der Waals surface area (Å²) in [5, 5.41) is 6.74. The maximum absolute atomic E-state index is 13.0. The largest absolute Gasteiger partial charge is 0.352 e. The topological polar surface area (TPSA) is 166 Å². The number of aromatic amines is 2. The second-order valence-electron chi connectivity index (χ2n) is 9.01. The number of carbonyl (C=O) groups excluding carboxylic acids is 1. The molecule has 198 valence electrons. The second kappa shape index (κ2) is 10.5. The number of aromatic nitrogens is 5. The average molecular weight is 557 g/mol. The number of anilines is 1. The predicted molar refractivity (Wildman–Crippen MR) is 142 cm³/mol. The third-order valence-electron chi connectivity index (χ3n) is 6.31. The van der Waals surface area contributed by atoms with Gasteiger partial charge in [0.15, 0.2) is 0 Å². The number of hydrogen-bond donors (Lipinski definition) is 4. The molecule has 1 amide bonds. The fourth-order valence-electron chi connectivity index (χ4n) is 4.59. The van der Waals surface area contributed by atoms with E-state index in [9.17, 15) is 18.0 Å². The minimum Gasteiger partial charge on any atom is -0.352 e. The summed E-state index contributed by atoms with van der Waals surface area (Å²) in [7, 11) is -3.95. The third-order valence-corrected chi connectivity index (χ3v) is 7.78. The van der Waals surface area contributed by atoms with Gasteiger partial charge in [0.05, 0.1) is 24.4 Å². The van der Waals surface area contributed by atoms with E-state index in [-0.39, 0.29) is 42.1 Å². The van der Waals surface area contributed by atoms with Crippen LogP contribution in [0.3, 0.4) is 0 Å². The highest BCUT2D eigenvalue weighted by molar-refractivity contribution is 7.92. The highest BCUT2D eigenvalue weighted by Gasteiger charge is 2.40. The summed E-state index contributed by atoms with van der Waals surface area (Å²) in [5.74, 6) is -1.08. The summed E-state index contributed by atoms with van der Waals surface area (Å²) in [5.41, 5.74) is 1.50. The molecule has 5 rings (SSSR count). The Hall–Kier alpha value is -3.81. The van der Waals surface area contributed by atoms with Gasteiger partial charge >= 0.3 is 0 Å². The summed E-state index contributed by atoms with van der Waals surface area (Å²) in [4.78, 5) is 44.0. The zero-order chi connectivity index (χ0) is 26.9. The molecule has 4 N–H and O–H groups in total. The van der Waals surface area contributed by atoms with Crippen molar-refractivity contribution in [3.63, 3.8) is 0 Å². The van der Waals surface area contributed by atoms with E-state index >= 15 is 0 Å². The van der Waals surface area contributed by atoms with Gasteiger partial charge in [-0.15, -0.1) is 0 Å². The summed E-state index contributed by atoms with van der Waals surface area (Å²) < 4.78 is 26.9. The normalized spacial score (nSPS) is 17.5. The molecule has 38 heavy (non-hydrogen) atoms. The zero-order valence-electron chi connectivity index (χ0n) is 20.3. The fourth-order valence-corrected chi connectivity index (χ4v) is 5.93. The molecule has 5 heterocycles. The monoisotopic (exact) mass is 556 g/mol. The van der Waals surface area contributed by atoms with Gasteiger partial charge in [-0.2, -0.15) is 0 Å². The first kappa shape index (κ1) is 25.8. The van der Waals surface area contributed by atoms with E-state index in [1.165, 1.54) is 0 Å². The number of sulfonamides is 1. The van der Waals surface area contributed by atoms with Crippen molar-refractivity contribution in [3.05, 3.63) is 81.4 Å². The first-order valence-electron chi connectivity index (χ1n) is 11.8. The number of nitrogens with zero attached hydrogens (tertiary/aromatic N) is 4. The molecule has 0 saturated carbocycles. The molecule has 1 aliphatic rings. The van der Waals surface area contributed by atoms with Crippen LogP contribution in [0.4, 0.5) is 5.82 Å². The Morgan fingerprint density at radius 1 is 1.24 bits per heavy atom. The summed E-state index contributed by atoms with van der Waals surface area (Å²) in [6.07, 6.45) is 5.80. The predicted octanol–water partition coefficient (Wildman–Crippen LogP) is 1.08. The molecule has 4 aromatic heterocycles. The first-order chi connectivity index (χ1) is 18.2. The van der Waals surface area contributed by atoms with Gasteiger partial charge in [0, 0.05) is 55.2 Å². The van der Waals surface area contributed by atoms with Gasteiger partial charge in [-0.25, -0.2) is 22.7 Å². The molecule has 14 heteroatoms. The standard InChI is InChI=1S/C24H25ClN8O4S/c1-38(36,37)33(19-13-26-12-16(19)17-4-2-3-6-27-17)23-24(35)32-21(25)18(31-23)9-20(34)29-10-14-8-15-5-7-28-22(15)30-11-14/h2-8,11,16,19,26H,9-10,12-13H2,1H3,(H,28,30)(H,29,34)(H,32,35)/t16-,19+/m1/s1. The van der Waals surface area contributed by atoms with E-state index < -0.39 is 27.5 Å². The minimum absolute atomic E-state index is 0.0481. The number of H-pyrrole nitrogens is 2. The molecule has 1 fully saturated rings. The van der Waals surface area contributed by atoms with Gasteiger partial charge in [-0.3, -0.25) is 14.6 Å².